The monoisotopic (exact) mass is 399 g/mol. The molecule has 0 bridgehead atoms. The Balaban J connectivity index is 1.55. The lowest BCUT2D eigenvalue weighted by Gasteiger charge is -2.32. The Labute approximate surface area is 167 Å². The first-order valence-electron chi connectivity index (χ1n) is 9.93. The van der Waals surface area contributed by atoms with E-state index in [9.17, 15) is 19.5 Å². The van der Waals surface area contributed by atoms with E-state index in [1.807, 2.05) is 24.3 Å². The SMILES string of the molecule is Cn1c(-c2ccc(N3CCC(CO)CC3)cc2)nn(C2CCC(=O)NC2=O)c1=O. The number of aliphatic hydroxyl groups is 1. The average Bonchev–Trinajstić information content (AvgIpc) is 3.03. The molecule has 9 nitrogen and oxygen atoms in total. The zero-order chi connectivity index (χ0) is 20.5. The Morgan fingerprint density at radius 1 is 1.10 bits per heavy atom. The number of anilines is 1. The van der Waals surface area contributed by atoms with Gasteiger partial charge in [0, 0.05) is 44.4 Å². The van der Waals surface area contributed by atoms with Crippen LogP contribution in [0.15, 0.2) is 29.1 Å². The normalized spacial score (nSPS) is 20.8. The summed E-state index contributed by atoms with van der Waals surface area (Å²) in [7, 11) is 1.63. The van der Waals surface area contributed by atoms with Crippen LogP contribution in [0, 0.1) is 5.92 Å². The topological polar surface area (TPSA) is 109 Å². The first-order chi connectivity index (χ1) is 14.0. The van der Waals surface area contributed by atoms with E-state index in [1.165, 1.54) is 9.25 Å². The maximum absolute atomic E-state index is 12.6. The van der Waals surface area contributed by atoms with Crippen molar-refractivity contribution in [2.24, 2.45) is 13.0 Å². The second-order valence-corrected chi connectivity index (χ2v) is 7.74. The Bertz CT molecular complexity index is 970. The first kappa shape index (κ1) is 19.4. The molecule has 0 aliphatic carbocycles. The van der Waals surface area contributed by atoms with Crippen molar-refractivity contribution in [2.75, 3.05) is 24.6 Å². The number of nitrogens with zero attached hydrogens (tertiary/aromatic N) is 4. The second kappa shape index (κ2) is 7.82. The molecule has 0 radical (unpaired) electrons. The number of nitrogens with one attached hydrogen (secondary N) is 1. The van der Waals surface area contributed by atoms with Crippen LogP contribution in [0.5, 0.6) is 0 Å². The number of carbonyl (C=O) groups is 2. The van der Waals surface area contributed by atoms with Gasteiger partial charge in [-0.2, -0.15) is 0 Å². The van der Waals surface area contributed by atoms with Crippen LogP contribution in [0.3, 0.4) is 0 Å². The predicted octanol–water partition coefficient (Wildman–Crippen LogP) is 0.435. The van der Waals surface area contributed by atoms with Crippen molar-refractivity contribution in [2.45, 2.75) is 31.7 Å². The lowest BCUT2D eigenvalue weighted by atomic mass is 9.97. The molecule has 1 atom stereocenters. The summed E-state index contributed by atoms with van der Waals surface area (Å²) >= 11 is 0. The van der Waals surface area contributed by atoms with E-state index >= 15 is 0 Å². The maximum Gasteiger partial charge on any atom is 0.346 e. The fraction of sp³-hybridized carbons (Fsp3) is 0.500. The van der Waals surface area contributed by atoms with Crippen molar-refractivity contribution < 1.29 is 14.7 Å². The highest BCUT2D eigenvalue weighted by molar-refractivity contribution is 5.99. The fourth-order valence-electron chi connectivity index (χ4n) is 4.02. The zero-order valence-corrected chi connectivity index (χ0v) is 16.4. The van der Waals surface area contributed by atoms with Crippen LogP contribution in [0.25, 0.3) is 11.4 Å². The molecule has 9 heteroatoms. The van der Waals surface area contributed by atoms with Crippen molar-refractivity contribution in [1.29, 1.82) is 0 Å². The summed E-state index contributed by atoms with van der Waals surface area (Å²) in [6.07, 6.45) is 2.41. The van der Waals surface area contributed by atoms with Crippen LogP contribution in [-0.2, 0) is 16.6 Å². The molecular weight excluding hydrogens is 374 g/mol. The van der Waals surface area contributed by atoms with Gasteiger partial charge in [0.15, 0.2) is 5.82 Å². The zero-order valence-electron chi connectivity index (χ0n) is 16.4. The van der Waals surface area contributed by atoms with E-state index in [0.717, 1.165) is 37.2 Å². The van der Waals surface area contributed by atoms with E-state index in [0.29, 0.717) is 11.7 Å². The molecule has 2 aliphatic rings. The second-order valence-electron chi connectivity index (χ2n) is 7.74. The minimum atomic E-state index is -0.771. The lowest BCUT2D eigenvalue weighted by molar-refractivity contribution is -0.136. The number of piperidine rings is 2. The summed E-state index contributed by atoms with van der Waals surface area (Å²) in [5.41, 5.74) is 1.49. The van der Waals surface area contributed by atoms with Crippen LogP contribution in [0.4, 0.5) is 5.69 Å². The van der Waals surface area contributed by atoms with Crippen LogP contribution in [-0.4, -0.2) is 51.0 Å². The van der Waals surface area contributed by atoms with Gasteiger partial charge < -0.3 is 10.0 Å². The van der Waals surface area contributed by atoms with E-state index in [2.05, 4.69) is 15.3 Å². The molecule has 1 aromatic heterocycles. The van der Waals surface area contributed by atoms with Crippen LogP contribution in [0.2, 0.25) is 0 Å². The Kier molecular flexibility index (Phi) is 5.23. The van der Waals surface area contributed by atoms with Gasteiger partial charge in [-0.3, -0.25) is 19.5 Å². The van der Waals surface area contributed by atoms with Gasteiger partial charge in [0.25, 0.3) is 5.91 Å². The maximum atomic E-state index is 12.6. The smallest absolute Gasteiger partial charge is 0.346 e. The highest BCUT2D eigenvalue weighted by Gasteiger charge is 2.31. The molecule has 2 saturated heterocycles. The highest BCUT2D eigenvalue weighted by Crippen LogP contribution is 2.26. The quantitative estimate of drug-likeness (QED) is 0.722. The number of aromatic nitrogens is 3. The van der Waals surface area contributed by atoms with E-state index < -0.39 is 11.9 Å². The minimum Gasteiger partial charge on any atom is -0.396 e. The number of hydrogen-bond acceptors (Lipinski definition) is 6. The van der Waals surface area contributed by atoms with E-state index in [-0.39, 0.29) is 31.0 Å². The van der Waals surface area contributed by atoms with Crippen molar-refractivity contribution in [3.05, 3.63) is 34.7 Å². The van der Waals surface area contributed by atoms with E-state index in [1.54, 1.807) is 7.05 Å². The van der Waals surface area contributed by atoms with E-state index in [4.69, 9.17) is 0 Å². The number of amides is 2. The van der Waals surface area contributed by atoms with Crippen molar-refractivity contribution >= 4 is 17.5 Å². The Morgan fingerprint density at radius 2 is 1.79 bits per heavy atom. The number of hydrogen-bond donors (Lipinski definition) is 2. The highest BCUT2D eigenvalue weighted by atomic mass is 16.3. The number of imide groups is 1. The number of aliphatic hydroxyl groups excluding tert-OH is 1. The number of rotatable bonds is 4. The summed E-state index contributed by atoms with van der Waals surface area (Å²) in [6.45, 7) is 2.07. The van der Waals surface area contributed by atoms with Crippen molar-refractivity contribution in [1.82, 2.24) is 19.7 Å². The van der Waals surface area contributed by atoms with Crippen molar-refractivity contribution in [3.63, 3.8) is 0 Å². The van der Waals surface area contributed by atoms with Crippen LogP contribution >= 0.6 is 0 Å². The van der Waals surface area contributed by atoms with Crippen molar-refractivity contribution in [3.8, 4) is 11.4 Å². The van der Waals surface area contributed by atoms with Gasteiger partial charge in [-0.15, -0.1) is 5.10 Å². The molecule has 2 aromatic rings. The average molecular weight is 399 g/mol. The molecule has 2 amide bonds. The number of benzene rings is 1. The van der Waals surface area contributed by atoms with Gasteiger partial charge in [0.2, 0.25) is 5.91 Å². The molecule has 3 heterocycles. The minimum absolute atomic E-state index is 0.191. The molecule has 154 valence electrons. The molecule has 1 unspecified atom stereocenters. The number of carbonyl (C=O) groups excluding carboxylic acids is 2. The largest absolute Gasteiger partial charge is 0.396 e. The Hall–Kier alpha value is -2.94. The molecule has 2 N–H and O–H groups in total. The van der Waals surface area contributed by atoms with Gasteiger partial charge in [0.05, 0.1) is 0 Å². The standard InChI is InChI=1S/C20H25N5O4/c1-23-18(22-25(20(23)29)16-6-7-17(27)21-19(16)28)14-2-4-15(5-3-14)24-10-8-13(12-26)9-11-24/h2-5,13,16,26H,6-12H2,1H3,(H,21,27,28). The Morgan fingerprint density at radius 3 is 2.41 bits per heavy atom. The molecule has 2 aliphatic heterocycles. The molecule has 29 heavy (non-hydrogen) atoms. The molecule has 1 aromatic carbocycles. The summed E-state index contributed by atoms with van der Waals surface area (Å²) in [4.78, 5) is 38.4. The third kappa shape index (κ3) is 3.69. The lowest BCUT2D eigenvalue weighted by Crippen LogP contribution is -2.44. The summed E-state index contributed by atoms with van der Waals surface area (Å²) in [5.74, 6) is 0.0465. The van der Waals surface area contributed by atoms with Gasteiger partial charge in [-0.1, -0.05) is 0 Å². The molecular formula is C20H25N5O4. The van der Waals surface area contributed by atoms with Gasteiger partial charge in [0.1, 0.15) is 6.04 Å². The van der Waals surface area contributed by atoms with Crippen LogP contribution < -0.4 is 15.9 Å². The third-order valence-corrected chi connectivity index (χ3v) is 5.87. The van der Waals surface area contributed by atoms with Gasteiger partial charge >= 0.3 is 5.69 Å². The summed E-state index contributed by atoms with van der Waals surface area (Å²) < 4.78 is 2.59. The summed E-state index contributed by atoms with van der Waals surface area (Å²) in [5, 5.41) is 15.9. The van der Waals surface area contributed by atoms with Crippen LogP contribution in [0.1, 0.15) is 31.7 Å². The predicted molar refractivity (Wildman–Crippen MR) is 106 cm³/mol. The van der Waals surface area contributed by atoms with Gasteiger partial charge in [-0.05, 0) is 49.4 Å². The summed E-state index contributed by atoms with van der Waals surface area (Å²) in [6, 6.07) is 7.08. The first-order valence-corrected chi connectivity index (χ1v) is 9.93. The fourth-order valence-corrected chi connectivity index (χ4v) is 4.02. The molecule has 0 saturated carbocycles. The molecule has 2 fully saturated rings. The molecule has 4 rings (SSSR count). The molecule has 0 spiro atoms. The van der Waals surface area contributed by atoms with Gasteiger partial charge in [-0.25, -0.2) is 9.48 Å². The third-order valence-electron chi connectivity index (χ3n) is 5.87.